The molecule has 3 rings (SSSR count). The summed E-state index contributed by atoms with van der Waals surface area (Å²) in [4.78, 5) is 33.6. The Hall–Kier alpha value is -3.93. The number of carbonyl (C=O) groups excluding carboxylic acids is 1. The maximum absolute atomic E-state index is 12.8. The molecule has 0 fully saturated rings. The number of aliphatic carboxylic acids is 1. The Morgan fingerprint density at radius 1 is 1.29 bits per heavy atom. The number of ether oxygens (including phenoxy) is 1. The van der Waals surface area contributed by atoms with E-state index in [1.165, 1.54) is 6.20 Å². The summed E-state index contributed by atoms with van der Waals surface area (Å²) in [5.41, 5.74) is -0.845. The second-order valence-corrected chi connectivity index (χ2v) is 5.98. The van der Waals surface area contributed by atoms with E-state index in [9.17, 15) is 14.7 Å². The number of hydrogen-bond donors (Lipinski definition) is 2. The van der Waals surface area contributed by atoms with Crippen molar-refractivity contribution < 1.29 is 24.3 Å². The molecule has 2 N–H and O–H groups in total. The van der Waals surface area contributed by atoms with Gasteiger partial charge >= 0.3 is 5.97 Å². The first-order valence-corrected chi connectivity index (χ1v) is 8.32. The van der Waals surface area contributed by atoms with E-state index in [4.69, 9.17) is 14.8 Å². The Morgan fingerprint density at radius 2 is 2.07 bits per heavy atom. The maximum atomic E-state index is 12.8. The number of anilines is 1. The molecule has 0 saturated heterocycles. The van der Waals surface area contributed by atoms with Gasteiger partial charge in [-0.15, -0.1) is 0 Å². The van der Waals surface area contributed by atoms with Crippen molar-refractivity contribution in [1.82, 2.24) is 4.98 Å². The first kappa shape index (κ1) is 18.8. The van der Waals surface area contributed by atoms with Gasteiger partial charge in [-0.2, -0.15) is 5.26 Å². The quantitative estimate of drug-likeness (QED) is 0.750. The van der Waals surface area contributed by atoms with Gasteiger partial charge in [0.1, 0.15) is 17.6 Å². The number of pyridine rings is 1. The molecule has 2 heterocycles. The number of oxime groups is 1. The summed E-state index contributed by atoms with van der Waals surface area (Å²) in [7, 11) is 0. The molecule has 1 aromatic heterocycles. The summed E-state index contributed by atoms with van der Waals surface area (Å²) in [6.07, 6.45) is 0.838. The molecular weight excluding hydrogens is 364 g/mol. The lowest BCUT2D eigenvalue weighted by atomic mass is 9.90. The largest absolute Gasteiger partial charge is 0.481 e. The number of hydrogen-bond acceptors (Lipinski definition) is 7. The van der Waals surface area contributed by atoms with E-state index < -0.39 is 23.9 Å². The van der Waals surface area contributed by atoms with E-state index in [0.717, 1.165) is 0 Å². The average molecular weight is 380 g/mol. The van der Waals surface area contributed by atoms with Crippen molar-refractivity contribution in [3.8, 4) is 11.8 Å². The zero-order valence-corrected chi connectivity index (χ0v) is 14.7. The highest BCUT2D eigenvalue weighted by molar-refractivity contribution is 6.10. The van der Waals surface area contributed by atoms with E-state index >= 15 is 0 Å². The summed E-state index contributed by atoms with van der Waals surface area (Å²) in [6.45, 7) is -0.161. The second-order valence-electron chi connectivity index (χ2n) is 5.98. The number of carboxylic acid groups (broad SMARTS) is 1. The number of amides is 1. The van der Waals surface area contributed by atoms with Crippen molar-refractivity contribution in [3.05, 3.63) is 54.2 Å². The predicted molar refractivity (Wildman–Crippen MR) is 97.6 cm³/mol. The highest BCUT2D eigenvalue weighted by Crippen LogP contribution is 2.34. The Bertz CT molecular complexity index is 954. The van der Waals surface area contributed by atoms with Gasteiger partial charge in [0.15, 0.2) is 6.61 Å². The zero-order valence-electron chi connectivity index (χ0n) is 14.7. The van der Waals surface area contributed by atoms with Crippen LogP contribution in [0.3, 0.4) is 0 Å². The number of carbonyl (C=O) groups is 2. The SMILES string of the molecule is N#CCOc1ccccc1C1=NOC(CC(=O)O)(C(=O)Nc2ccccn2)C1. The summed E-state index contributed by atoms with van der Waals surface area (Å²) in [5.74, 6) is -1.21. The number of nitrogens with zero attached hydrogens (tertiary/aromatic N) is 3. The standard InChI is InChI=1S/C19H16N4O5/c20-8-10-27-15-6-2-1-5-13(15)14-11-19(28-23-14,12-17(24)25)18(26)22-16-7-3-4-9-21-16/h1-7,9H,10-12H2,(H,24,25)(H,21,22,26). The minimum Gasteiger partial charge on any atom is -0.481 e. The van der Waals surface area contributed by atoms with Crippen LogP contribution >= 0.6 is 0 Å². The van der Waals surface area contributed by atoms with Crippen LogP contribution in [0.2, 0.25) is 0 Å². The maximum Gasteiger partial charge on any atom is 0.308 e. The number of carboxylic acids is 1. The number of nitrogens with one attached hydrogen (secondary N) is 1. The summed E-state index contributed by atoms with van der Waals surface area (Å²) >= 11 is 0. The number of benzene rings is 1. The lowest BCUT2D eigenvalue weighted by Gasteiger charge is -2.23. The van der Waals surface area contributed by atoms with Gasteiger partial charge in [0.25, 0.3) is 5.91 Å². The van der Waals surface area contributed by atoms with Crippen molar-refractivity contribution in [2.75, 3.05) is 11.9 Å². The Morgan fingerprint density at radius 3 is 2.79 bits per heavy atom. The lowest BCUT2D eigenvalue weighted by Crippen LogP contribution is -2.45. The minimum atomic E-state index is -1.72. The number of rotatable bonds is 7. The van der Waals surface area contributed by atoms with Crippen LogP contribution in [0.25, 0.3) is 0 Å². The van der Waals surface area contributed by atoms with Crippen molar-refractivity contribution >= 4 is 23.4 Å². The molecule has 0 radical (unpaired) electrons. The fourth-order valence-corrected chi connectivity index (χ4v) is 2.77. The normalized spacial score (nSPS) is 17.8. The van der Waals surface area contributed by atoms with E-state index in [1.807, 2.05) is 6.07 Å². The zero-order chi connectivity index (χ0) is 20.0. The van der Waals surface area contributed by atoms with Gasteiger partial charge in [0.2, 0.25) is 5.60 Å². The monoisotopic (exact) mass is 380 g/mol. The molecule has 0 bridgehead atoms. The van der Waals surface area contributed by atoms with Crippen molar-refractivity contribution in [2.45, 2.75) is 18.4 Å². The highest BCUT2D eigenvalue weighted by atomic mass is 16.7. The molecule has 1 aromatic carbocycles. The minimum absolute atomic E-state index is 0.0785. The fourth-order valence-electron chi connectivity index (χ4n) is 2.77. The van der Waals surface area contributed by atoms with Gasteiger partial charge < -0.3 is 20.0 Å². The number of nitriles is 1. The van der Waals surface area contributed by atoms with E-state index in [2.05, 4.69) is 15.5 Å². The van der Waals surface area contributed by atoms with Crippen LogP contribution < -0.4 is 10.1 Å². The molecule has 0 saturated carbocycles. The van der Waals surface area contributed by atoms with Crippen LogP contribution in [0.4, 0.5) is 5.82 Å². The first-order chi connectivity index (χ1) is 13.5. The van der Waals surface area contributed by atoms with Gasteiger partial charge in [-0.3, -0.25) is 9.59 Å². The predicted octanol–water partition coefficient (Wildman–Crippen LogP) is 1.96. The molecule has 2 aromatic rings. The van der Waals surface area contributed by atoms with Crippen LogP contribution in [0, 0.1) is 11.3 Å². The number of para-hydroxylation sites is 1. The second kappa shape index (κ2) is 8.18. The van der Waals surface area contributed by atoms with Gasteiger partial charge in [0.05, 0.1) is 12.1 Å². The van der Waals surface area contributed by atoms with Gasteiger partial charge in [-0.1, -0.05) is 23.4 Å². The Labute approximate surface area is 160 Å². The average Bonchev–Trinajstić information content (AvgIpc) is 3.12. The molecule has 9 nitrogen and oxygen atoms in total. The van der Waals surface area contributed by atoms with Crippen LogP contribution in [0.5, 0.6) is 5.75 Å². The molecule has 9 heteroatoms. The van der Waals surface area contributed by atoms with E-state index in [-0.39, 0.29) is 18.8 Å². The third-order valence-electron chi connectivity index (χ3n) is 4.03. The van der Waals surface area contributed by atoms with Gasteiger partial charge in [-0.05, 0) is 24.3 Å². The van der Waals surface area contributed by atoms with Gasteiger partial charge in [0, 0.05) is 18.2 Å². The third-order valence-corrected chi connectivity index (χ3v) is 4.03. The molecule has 1 amide bonds. The molecule has 1 aliphatic rings. The molecule has 142 valence electrons. The Balaban J connectivity index is 1.85. The molecular formula is C19H16N4O5. The molecule has 1 aliphatic heterocycles. The van der Waals surface area contributed by atoms with Crippen LogP contribution in [0.1, 0.15) is 18.4 Å². The van der Waals surface area contributed by atoms with Gasteiger partial charge in [-0.25, -0.2) is 4.98 Å². The fraction of sp³-hybridized carbons (Fsp3) is 0.211. The van der Waals surface area contributed by atoms with Crippen molar-refractivity contribution in [2.24, 2.45) is 5.16 Å². The first-order valence-electron chi connectivity index (χ1n) is 8.32. The smallest absolute Gasteiger partial charge is 0.308 e. The van der Waals surface area contributed by atoms with Crippen LogP contribution in [-0.4, -0.2) is 39.9 Å². The lowest BCUT2D eigenvalue weighted by molar-refractivity contribution is -0.152. The summed E-state index contributed by atoms with van der Waals surface area (Å²) < 4.78 is 5.38. The molecule has 1 atom stereocenters. The molecule has 0 aliphatic carbocycles. The van der Waals surface area contributed by atoms with E-state index in [0.29, 0.717) is 17.0 Å². The van der Waals surface area contributed by atoms with Crippen LogP contribution in [0.15, 0.2) is 53.8 Å². The highest BCUT2D eigenvalue weighted by Gasteiger charge is 2.49. The van der Waals surface area contributed by atoms with Crippen LogP contribution in [-0.2, 0) is 14.4 Å². The molecule has 1 unspecified atom stereocenters. The summed E-state index contributed by atoms with van der Waals surface area (Å²) in [5, 5.41) is 24.5. The Kier molecular flexibility index (Phi) is 5.50. The topological polar surface area (TPSA) is 134 Å². The summed E-state index contributed by atoms with van der Waals surface area (Å²) in [6, 6.07) is 13.6. The van der Waals surface area contributed by atoms with Crippen molar-refractivity contribution in [1.29, 1.82) is 5.26 Å². The van der Waals surface area contributed by atoms with Crippen molar-refractivity contribution in [3.63, 3.8) is 0 Å². The third kappa shape index (κ3) is 4.07. The van der Waals surface area contributed by atoms with E-state index in [1.54, 1.807) is 42.5 Å². The molecule has 28 heavy (non-hydrogen) atoms. The molecule has 0 spiro atoms. The number of aromatic nitrogens is 1.